The molecule has 0 aromatic carbocycles. The van der Waals surface area contributed by atoms with Crippen LogP contribution >= 0.6 is 0 Å². The van der Waals surface area contributed by atoms with Crippen LogP contribution in [0, 0.1) is 0 Å². The van der Waals surface area contributed by atoms with Crippen molar-refractivity contribution in [2.24, 2.45) is 14.1 Å². The van der Waals surface area contributed by atoms with E-state index >= 15 is 0 Å². The molecule has 0 unspecified atom stereocenters. The van der Waals surface area contributed by atoms with E-state index in [2.05, 4.69) is 21.5 Å². The third-order valence-electron chi connectivity index (χ3n) is 4.18. The monoisotopic (exact) mass is 399 g/mol. The summed E-state index contributed by atoms with van der Waals surface area (Å²) in [6.07, 6.45) is -2.46. The molecule has 0 spiro atoms. The third-order valence-corrected chi connectivity index (χ3v) is 6.00. The first-order valence-corrected chi connectivity index (χ1v) is 9.48. The van der Waals surface area contributed by atoms with Crippen molar-refractivity contribution in [1.29, 1.82) is 0 Å². The summed E-state index contributed by atoms with van der Waals surface area (Å²) < 4.78 is 66.7. The van der Waals surface area contributed by atoms with Crippen LogP contribution in [0.1, 0.15) is 18.3 Å². The molecule has 3 rings (SSSR count). The lowest BCUT2D eigenvalue weighted by molar-refractivity contribution is -0.137. The Morgan fingerprint density at radius 2 is 1.89 bits per heavy atom. The Morgan fingerprint density at radius 1 is 1.22 bits per heavy atom. The Bertz CT molecular complexity index is 1160. The largest absolute Gasteiger partial charge is 0.417 e. The first-order valence-electron chi connectivity index (χ1n) is 7.83. The van der Waals surface area contributed by atoms with Crippen molar-refractivity contribution in [1.82, 2.24) is 24.1 Å². The lowest BCUT2D eigenvalue weighted by Crippen LogP contribution is -2.11. The van der Waals surface area contributed by atoms with Gasteiger partial charge < -0.3 is 9.13 Å². The van der Waals surface area contributed by atoms with Crippen molar-refractivity contribution in [3.8, 4) is 11.5 Å². The highest BCUT2D eigenvalue weighted by molar-refractivity contribution is 7.91. The quantitative estimate of drug-likeness (QED) is 0.674. The summed E-state index contributed by atoms with van der Waals surface area (Å²) >= 11 is 0. The molecule has 3 heterocycles. The van der Waals surface area contributed by atoms with Crippen LogP contribution in [0.15, 0.2) is 23.9 Å². The Labute approximate surface area is 153 Å². The van der Waals surface area contributed by atoms with Gasteiger partial charge in [-0.2, -0.15) is 13.2 Å². The minimum atomic E-state index is -4.56. The fourth-order valence-corrected chi connectivity index (χ4v) is 3.98. The van der Waals surface area contributed by atoms with Crippen LogP contribution in [0.2, 0.25) is 0 Å². The molecular weight excluding hydrogens is 383 g/mol. The predicted octanol–water partition coefficient (Wildman–Crippen LogP) is 2.82. The Kier molecular flexibility index (Phi) is 4.37. The van der Waals surface area contributed by atoms with Gasteiger partial charge in [-0.1, -0.05) is 13.5 Å². The van der Waals surface area contributed by atoms with Gasteiger partial charge in [-0.15, -0.1) is 0 Å². The van der Waals surface area contributed by atoms with Gasteiger partial charge >= 0.3 is 6.18 Å². The number of imidazole rings is 2. The summed E-state index contributed by atoms with van der Waals surface area (Å²) in [6.45, 7) is 5.10. The predicted molar refractivity (Wildman–Crippen MR) is 93.5 cm³/mol. The van der Waals surface area contributed by atoms with E-state index < -0.39 is 21.6 Å². The van der Waals surface area contributed by atoms with Crippen LogP contribution in [0.3, 0.4) is 0 Å². The number of hydrogen-bond acceptors (Lipinski definition) is 5. The zero-order valence-corrected chi connectivity index (χ0v) is 15.6. The summed E-state index contributed by atoms with van der Waals surface area (Å²) in [7, 11) is -0.620. The van der Waals surface area contributed by atoms with Gasteiger partial charge in [-0.25, -0.2) is 23.4 Å². The first-order chi connectivity index (χ1) is 12.5. The molecule has 0 aliphatic heterocycles. The first kappa shape index (κ1) is 19.1. The average Bonchev–Trinajstić information content (AvgIpc) is 3.11. The second-order valence-corrected chi connectivity index (χ2v) is 8.04. The molecule has 0 fully saturated rings. The molecule has 0 amide bonds. The topological polar surface area (TPSA) is 82.7 Å². The van der Waals surface area contributed by atoms with E-state index in [1.807, 2.05) is 0 Å². The van der Waals surface area contributed by atoms with Crippen LogP contribution in [-0.2, 0) is 30.1 Å². The van der Waals surface area contributed by atoms with E-state index in [1.54, 1.807) is 0 Å². The average molecular weight is 399 g/mol. The van der Waals surface area contributed by atoms with Crippen LogP contribution in [-0.4, -0.2) is 38.3 Å². The molecule has 0 bridgehead atoms. The normalized spacial score (nSPS) is 12.7. The number of rotatable bonds is 4. The summed E-state index contributed by atoms with van der Waals surface area (Å²) in [5.74, 6) is 0.233. The molecule has 3 aromatic heterocycles. The maximum absolute atomic E-state index is 12.9. The molecule has 0 aliphatic rings. The minimum Gasteiger partial charge on any atom is -0.318 e. The summed E-state index contributed by atoms with van der Waals surface area (Å²) in [4.78, 5) is 12.3. The van der Waals surface area contributed by atoms with Crippen molar-refractivity contribution < 1.29 is 21.6 Å². The zero-order chi connectivity index (χ0) is 20.1. The van der Waals surface area contributed by atoms with Crippen LogP contribution in [0.25, 0.3) is 28.8 Å². The zero-order valence-electron chi connectivity index (χ0n) is 14.7. The highest BCUT2D eigenvalue weighted by Crippen LogP contribution is 2.33. The van der Waals surface area contributed by atoms with Gasteiger partial charge in [-0.05, 0) is 12.1 Å². The Hall–Kier alpha value is -2.69. The van der Waals surface area contributed by atoms with Crippen LogP contribution in [0.4, 0.5) is 13.2 Å². The fourth-order valence-electron chi connectivity index (χ4n) is 2.76. The number of sulfone groups is 1. The summed E-state index contributed by atoms with van der Waals surface area (Å²) in [6, 6.07) is 0.872. The van der Waals surface area contributed by atoms with E-state index in [4.69, 9.17) is 0 Å². The summed E-state index contributed by atoms with van der Waals surface area (Å²) in [5.41, 5.74) is -0.714. The summed E-state index contributed by atoms with van der Waals surface area (Å²) in [5, 5.41) is -0.0747. The van der Waals surface area contributed by atoms with Gasteiger partial charge in [0.05, 0.1) is 11.3 Å². The lowest BCUT2D eigenvalue weighted by Gasteiger charge is -2.06. The smallest absolute Gasteiger partial charge is 0.318 e. The van der Waals surface area contributed by atoms with Crippen molar-refractivity contribution in [2.45, 2.75) is 18.1 Å². The molecule has 0 aliphatic carbocycles. The number of nitrogens with zero attached hydrogens (tertiary/aromatic N) is 5. The second kappa shape index (κ2) is 6.19. The molecule has 144 valence electrons. The molecule has 0 N–H and O–H groups in total. The molecule has 27 heavy (non-hydrogen) atoms. The number of alkyl halides is 3. The SMILES string of the molecule is C=Cc1nc(-c2nc3cc(C(F)(F)F)cnc3n2C)c(S(=O)(=O)CC)n1C. The number of fused-ring (bicyclic) bond motifs is 1. The minimum absolute atomic E-state index is 0.00650. The molecule has 0 saturated carbocycles. The van der Waals surface area contributed by atoms with Gasteiger partial charge in [-0.3, -0.25) is 0 Å². The maximum atomic E-state index is 12.9. The van der Waals surface area contributed by atoms with E-state index in [0.29, 0.717) is 12.0 Å². The van der Waals surface area contributed by atoms with Gasteiger partial charge in [0.2, 0.25) is 0 Å². The highest BCUT2D eigenvalue weighted by atomic mass is 32.2. The van der Waals surface area contributed by atoms with Gasteiger partial charge in [0.25, 0.3) is 0 Å². The van der Waals surface area contributed by atoms with Gasteiger partial charge in [0, 0.05) is 20.3 Å². The Balaban J connectivity index is 2.33. The van der Waals surface area contributed by atoms with Gasteiger partial charge in [0.15, 0.2) is 26.3 Å². The molecule has 0 atom stereocenters. The molecule has 7 nitrogen and oxygen atoms in total. The molecular formula is C16H16F3N5O2S. The molecule has 11 heteroatoms. The van der Waals surface area contributed by atoms with Crippen LogP contribution in [0.5, 0.6) is 0 Å². The Morgan fingerprint density at radius 3 is 2.44 bits per heavy atom. The molecule has 0 saturated heterocycles. The molecule has 3 aromatic rings. The number of aromatic nitrogens is 5. The van der Waals surface area contributed by atoms with Crippen molar-refractivity contribution in [3.63, 3.8) is 0 Å². The van der Waals surface area contributed by atoms with E-state index in [1.165, 1.54) is 36.2 Å². The van der Waals surface area contributed by atoms with Crippen molar-refractivity contribution in [3.05, 3.63) is 30.2 Å². The maximum Gasteiger partial charge on any atom is 0.417 e. The number of pyridine rings is 1. The fraction of sp³-hybridized carbons (Fsp3) is 0.312. The number of halogens is 3. The number of hydrogen-bond donors (Lipinski definition) is 0. The van der Waals surface area contributed by atoms with E-state index in [0.717, 1.165) is 6.07 Å². The van der Waals surface area contributed by atoms with Crippen molar-refractivity contribution in [2.75, 3.05) is 5.75 Å². The lowest BCUT2D eigenvalue weighted by atomic mass is 10.2. The van der Waals surface area contributed by atoms with Gasteiger partial charge in [0.1, 0.15) is 17.0 Å². The molecule has 0 radical (unpaired) electrons. The van der Waals surface area contributed by atoms with Crippen molar-refractivity contribution >= 4 is 27.1 Å². The standard InChI is InChI=1S/C16H16F3N5O2S/c1-5-11-22-12(15(23(11)3)27(25,26)6-2)14-21-10-7-9(16(17,18)19)8-20-13(10)24(14)4/h5,7-8H,1,6H2,2-4H3. The third kappa shape index (κ3) is 3.01. The number of aryl methyl sites for hydroxylation is 1. The second-order valence-electron chi connectivity index (χ2n) is 5.85. The van der Waals surface area contributed by atoms with E-state index in [-0.39, 0.29) is 33.5 Å². The van der Waals surface area contributed by atoms with Crippen LogP contribution < -0.4 is 0 Å². The highest BCUT2D eigenvalue weighted by Gasteiger charge is 2.33. The van der Waals surface area contributed by atoms with E-state index in [9.17, 15) is 21.6 Å².